The number of hydrogen-bond acceptors (Lipinski definition) is 5. The Labute approximate surface area is 176 Å². The van der Waals surface area contributed by atoms with Crippen LogP contribution in [-0.2, 0) is 9.53 Å². The van der Waals surface area contributed by atoms with Crippen LogP contribution in [0.5, 0.6) is 0 Å². The highest BCUT2D eigenvalue weighted by Gasteiger charge is 2.26. The van der Waals surface area contributed by atoms with E-state index in [0.29, 0.717) is 11.6 Å². The third-order valence-electron chi connectivity index (χ3n) is 5.56. The average molecular weight is 412 g/mol. The number of amides is 2. The van der Waals surface area contributed by atoms with Gasteiger partial charge in [0.15, 0.2) is 11.9 Å². The number of anilines is 1. The SMILES string of the molecule is Cc1ccc(C(=O)O[C@H](C)C(=O)N[C@@H]2CCCC[C@@H]2C)cc1NC(=O)c1ccco1. The van der Waals surface area contributed by atoms with Crippen molar-refractivity contribution in [2.45, 2.75) is 58.6 Å². The number of benzene rings is 1. The summed E-state index contributed by atoms with van der Waals surface area (Å²) in [6.07, 6.45) is 4.83. The molecule has 1 fully saturated rings. The van der Waals surface area contributed by atoms with Gasteiger partial charge in [0, 0.05) is 11.7 Å². The van der Waals surface area contributed by atoms with Gasteiger partial charge in [-0.2, -0.15) is 0 Å². The molecule has 30 heavy (non-hydrogen) atoms. The van der Waals surface area contributed by atoms with Crippen molar-refractivity contribution in [2.24, 2.45) is 5.92 Å². The summed E-state index contributed by atoms with van der Waals surface area (Å²) in [5, 5.41) is 5.73. The van der Waals surface area contributed by atoms with E-state index >= 15 is 0 Å². The largest absolute Gasteiger partial charge is 0.459 e. The summed E-state index contributed by atoms with van der Waals surface area (Å²) in [5.74, 6) is -0.737. The minimum atomic E-state index is -0.908. The van der Waals surface area contributed by atoms with Crippen LogP contribution in [0.3, 0.4) is 0 Å². The summed E-state index contributed by atoms with van der Waals surface area (Å²) in [5.41, 5.74) is 1.50. The molecule has 1 aliphatic rings. The summed E-state index contributed by atoms with van der Waals surface area (Å²) in [6, 6.07) is 8.14. The lowest BCUT2D eigenvalue weighted by Crippen LogP contribution is -2.46. The first-order chi connectivity index (χ1) is 14.3. The van der Waals surface area contributed by atoms with Gasteiger partial charge in [0.05, 0.1) is 11.8 Å². The van der Waals surface area contributed by atoms with Crippen LogP contribution in [-0.4, -0.2) is 29.9 Å². The van der Waals surface area contributed by atoms with E-state index in [4.69, 9.17) is 9.15 Å². The van der Waals surface area contributed by atoms with Crippen LogP contribution in [0.25, 0.3) is 0 Å². The van der Waals surface area contributed by atoms with Gasteiger partial charge in [-0.15, -0.1) is 0 Å². The molecule has 0 saturated heterocycles. The van der Waals surface area contributed by atoms with Crippen LogP contribution < -0.4 is 10.6 Å². The van der Waals surface area contributed by atoms with Crippen LogP contribution in [0.4, 0.5) is 5.69 Å². The third kappa shape index (κ3) is 5.28. The van der Waals surface area contributed by atoms with Crippen LogP contribution in [0.2, 0.25) is 0 Å². The summed E-state index contributed by atoms with van der Waals surface area (Å²) >= 11 is 0. The molecule has 0 radical (unpaired) electrons. The van der Waals surface area contributed by atoms with Gasteiger partial charge in [-0.1, -0.05) is 25.8 Å². The van der Waals surface area contributed by atoms with Gasteiger partial charge < -0.3 is 19.8 Å². The fraction of sp³-hybridized carbons (Fsp3) is 0.435. The number of rotatable bonds is 6. The number of furan rings is 1. The lowest BCUT2D eigenvalue weighted by molar-refractivity contribution is -0.130. The molecule has 7 heteroatoms. The number of nitrogens with one attached hydrogen (secondary N) is 2. The second kappa shape index (κ2) is 9.61. The number of carbonyl (C=O) groups is 3. The number of hydrogen-bond donors (Lipinski definition) is 2. The molecule has 0 spiro atoms. The summed E-state index contributed by atoms with van der Waals surface area (Å²) in [4.78, 5) is 37.2. The van der Waals surface area contributed by atoms with Crippen molar-refractivity contribution in [2.75, 3.05) is 5.32 Å². The molecule has 1 saturated carbocycles. The molecule has 2 N–H and O–H groups in total. The highest BCUT2D eigenvalue weighted by molar-refractivity contribution is 6.03. The highest BCUT2D eigenvalue weighted by Crippen LogP contribution is 2.24. The number of esters is 1. The molecular formula is C23H28N2O5. The monoisotopic (exact) mass is 412 g/mol. The maximum absolute atomic E-state index is 12.6. The second-order valence-corrected chi connectivity index (χ2v) is 7.89. The Bertz CT molecular complexity index is 906. The van der Waals surface area contributed by atoms with E-state index in [0.717, 1.165) is 24.8 Å². The zero-order valence-corrected chi connectivity index (χ0v) is 17.6. The van der Waals surface area contributed by atoms with Crippen LogP contribution >= 0.6 is 0 Å². The van der Waals surface area contributed by atoms with Gasteiger partial charge in [0.2, 0.25) is 0 Å². The van der Waals surface area contributed by atoms with Gasteiger partial charge in [-0.05, 0) is 62.4 Å². The number of carbonyl (C=O) groups excluding carboxylic acids is 3. The smallest absolute Gasteiger partial charge is 0.338 e. The first-order valence-corrected chi connectivity index (χ1v) is 10.3. The van der Waals surface area contributed by atoms with E-state index in [-0.39, 0.29) is 23.3 Å². The van der Waals surface area contributed by atoms with Gasteiger partial charge in [-0.25, -0.2) is 4.79 Å². The molecule has 7 nitrogen and oxygen atoms in total. The fourth-order valence-corrected chi connectivity index (χ4v) is 3.59. The number of aryl methyl sites for hydroxylation is 1. The molecule has 0 aliphatic heterocycles. The molecule has 160 valence electrons. The molecule has 0 bridgehead atoms. The average Bonchev–Trinajstić information content (AvgIpc) is 3.26. The van der Waals surface area contributed by atoms with Gasteiger partial charge in [-0.3, -0.25) is 9.59 Å². The van der Waals surface area contributed by atoms with Crippen molar-refractivity contribution < 1.29 is 23.5 Å². The summed E-state index contributed by atoms with van der Waals surface area (Å²) in [6.45, 7) is 5.51. The predicted molar refractivity (Wildman–Crippen MR) is 112 cm³/mol. The third-order valence-corrected chi connectivity index (χ3v) is 5.56. The zero-order valence-electron chi connectivity index (χ0n) is 17.6. The van der Waals surface area contributed by atoms with Gasteiger partial charge >= 0.3 is 5.97 Å². The predicted octanol–water partition coefficient (Wildman–Crippen LogP) is 4.08. The van der Waals surface area contributed by atoms with Crippen molar-refractivity contribution >= 4 is 23.5 Å². The molecule has 1 aromatic carbocycles. The van der Waals surface area contributed by atoms with E-state index in [9.17, 15) is 14.4 Å². The maximum Gasteiger partial charge on any atom is 0.338 e. The Morgan fingerprint density at radius 2 is 1.93 bits per heavy atom. The Morgan fingerprint density at radius 3 is 2.63 bits per heavy atom. The maximum atomic E-state index is 12.6. The molecular weight excluding hydrogens is 384 g/mol. The van der Waals surface area contributed by atoms with Crippen molar-refractivity contribution in [3.8, 4) is 0 Å². The van der Waals surface area contributed by atoms with E-state index in [1.807, 2.05) is 6.92 Å². The Kier molecular flexibility index (Phi) is 6.92. The summed E-state index contributed by atoms with van der Waals surface area (Å²) < 4.78 is 10.5. The van der Waals surface area contributed by atoms with Crippen LogP contribution in [0, 0.1) is 12.8 Å². The molecule has 2 aromatic rings. The fourth-order valence-electron chi connectivity index (χ4n) is 3.59. The Morgan fingerprint density at radius 1 is 1.17 bits per heavy atom. The van der Waals surface area contributed by atoms with Crippen molar-refractivity contribution in [3.05, 3.63) is 53.5 Å². The lowest BCUT2D eigenvalue weighted by atomic mass is 9.86. The first-order valence-electron chi connectivity index (χ1n) is 10.3. The Balaban J connectivity index is 1.61. The van der Waals surface area contributed by atoms with Gasteiger partial charge in [0.25, 0.3) is 11.8 Å². The van der Waals surface area contributed by atoms with Crippen molar-refractivity contribution in [3.63, 3.8) is 0 Å². The highest BCUT2D eigenvalue weighted by atomic mass is 16.5. The molecule has 2 amide bonds. The zero-order chi connectivity index (χ0) is 21.7. The molecule has 1 aromatic heterocycles. The molecule has 1 heterocycles. The quantitative estimate of drug-likeness (QED) is 0.697. The van der Waals surface area contributed by atoms with E-state index in [1.165, 1.54) is 18.8 Å². The van der Waals surface area contributed by atoms with E-state index in [1.54, 1.807) is 31.2 Å². The first kappa shape index (κ1) is 21.6. The van der Waals surface area contributed by atoms with Crippen molar-refractivity contribution in [1.82, 2.24) is 5.32 Å². The molecule has 0 unspecified atom stereocenters. The Hall–Kier alpha value is -3.09. The van der Waals surface area contributed by atoms with Crippen molar-refractivity contribution in [1.29, 1.82) is 0 Å². The second-order valence-electron chi connectivity index (χ2n) is 7.89. The number of ether oxygens (including phenoxy) is 1. The standard InChI is InChI=1S/C23H28N2O5/c1-14-7-4-5-8-18(14)24-21(26)16(3)30-23(28)17-11-10-15(2)19(13-17)25-22(27)20-9-6-12-29-20/h6,9-14,16,18H,4-5,7-8H2,1-3H3,(H,24,26)(H,25,27)/t14-,16+,18+/m0/s1. The van der Waals surface area contributed by atoms with Crippen LogP contribution in [0.15, 0.2) is 41.0 Å². The lowest BCUT2D eigenvalue weighted by Gasteiger charge is -2.30. The van der Waals surface area contributed by atoms with Gasteiger partial charge in [0.1, 0.15) is 0 Å². The van der Waals surface area contributed by atoms with Crippen LogP contribution in [0.1, 0.15) is 66.0 Å². The molecule has 3 rings (SSSR count). The van der Waals surface area contributed by atoms with E-state index < -0.39 is 18.0 Å². The normalized spacial score (nSPS) is 19.6. The molecule has 3 atom stereocenters. The minimum Gasteiger partial charge on any atom is -0.459 e. The topological polar surface area (TPSA) is 97.6 Å². The minimum absolute atomic E-state index is 0.121. The molecule has 1 aliphatic carbocycles. The van der Waals surface area contributed by atoms with E-state index in [2.05, 4.69) is 17.6 Å². The summed E-state index contributed by atoms with van der Waals surface area (Å²) in [7, 11) is 0.